The van der Waals surface area contributed by atoms with Gasteiger partial charge in [-0.15, -0.1) is 0 Å². The van der Waals surface area contributed by atoms with E-state index in [9.17, 15) is 0 Å². The molecule has 2 nitrogen and oxygen atoms in total. The van der Waals surface area contributed by atoms with Gasteiger partial charge in [-0.05, 0) is 55.3 Å². The Kier molecular flexibility index (Phi) is 5.96. The van der Waals surface area contributed by atoms with E-state index in [4.69, 9.17) is 5.73 Å². The highest BCUT2D eigenvalue weighted by Crippen LogP contribution is 2.40. The van der Waals surface area contributed by atoms with Crippen LogP contribution in [0.1, 0.15) is 22.3 Å². The summed E-state index contributed by atoms with van der Waals surface area (Å²) in [5.41, 5.74) is 16.8. The first-order valence-corrected chi connectivity index (χ1v) is 13.6. The molecule has 7 rings (SSSR count). The third-order valence-corrected chi connectivity index (χ3v) is 7.97. The molecule has 0 atom stereocenters. The molecular formula is C38H28N2. The molecule has 0 bridgehead atoms. The van der Waals surface area contributed by atoms with E-state index in [0.717, 1.165) is 22.3 Å². The van der Waals surface area contributed by atoms with Crippen LogP contribution in [0.4, 0.5) is 0 Å². The van der Waals surface area contributed by atoms with Crippen molar-refractivity contribution >= 4 is 22.6 Å². The minimum Gasteiger partial charge on any atom is -0.314 e. The van der Waals surface area contributed by atoms with Crippen LogP contribution in [0.5, 0.6) is 0 Å². The molecule has 0 saturated carbocycles. The van der Waals surface area contributed by atoms with Crippen LogP contribution in [0.3, 0.4) is 0 Å². The molecule has 2 heteroatoms. The van der Waals surface area contributed by atoms with Crippen molar-refractivity contribution in [1.82, 2.24) is 0 Å². The van der Waals surface area contributed by atoms with Gasteiger partial charge in [0.2, 0.25) is 0 Å². The summed E-state index contributed by atoms with van der Waals surface area (Å²) in [6.45, 7) is 0. The SMILES string of the molecule is NC(c1ccccc1)(c1ccccc1)c1ccc(-c2ccc3ccccc3c2-c2ccc(C3=CN=C3)cc2)cc1. The molecule has 0 saturated heterocycles. The van der Waals surface area contributed by atoms with Gasteiger partial charge in [0.1, 0.15) is 0 Å². The molecule has 0 fully saturated rings. The predicted octanol–water partition coefficient (Wildman–Crippen LogP) is 8.85. The first-order chi connectivity index (χ1) is 19.7. The Morgan fingerprint density at radius 2 is 1.00 bits per heavy atom. The summed E-state index contributed by atoms with van der Waals surface area (Å²) < 4.78 is 0. The topological polar surface area (TPSA) is 38.4 Å². The van der Waals surface area contributed by atoms with Crippen molar-refractivity contribution in [2.24, 2.45) is 10.7 Å². The standard InChI is InChI=1S/C38H28N2/c39-38(32-10-3-1-4-11-32,33-12-5-2-6-13-33)34-22-19-29(20-23-34)36-24-21-28-9-7-8-14-35(28)37(36)30-17-15-27(16-18-30)31-25-40-26-31/h1-26H,39H2. The number of benzene rings is 6. The van der Waals surface area contributed by atoms with Crippen LogP contribution in [0.2, 0.25) is 0 Å². The lowest BCUT2D eigenvalue weighted by Crippen LogP contribution is -2.39. The van der Waals surface area contributed by atoms with E-state index in [2.05, 4.69) is 138 Å². The zero-order chi connectivity index (χ0) is 26.9. The van der Waals surface area contributed by atoms with Crippen molar-refractivity contribution in [3.8, 4) is 22.3 Å². The number of aliphatic imine (C=N–C) groups is 1. The number of hydrogen-bond acceptors (Lipinski definition) is 2. The van der Waals surface area contributed by atoms with Crippen molar-refractivity contribution in [3.63, 3.8) is 0 Å². The average Bonchev–Trinajstić information content (AvgIpc) is 3.01. The van der Waals surface area contributed by atoms with E-state index in [1.54, 1.807) is 0 Å². The lowest BCUT2D eigenvalue weighted by atomic mass is 9.77. The molecule has 0 radical (unpaired) electrons. The second-order valence-corrected chi connectivity index (χ2v) is 10.3. The van der Waals surface area contributed by atoms with Crippen LogP contribution in [-0.4, -0.2) is 6.21 Å². The van der Waals surface area contributed by atoms with E-state index in [1.807, 2.05) is 24.5 Å². The summed E-state index contributed by atoms with van der Waals surface area (Å²) >= 11 is 0. The average molecular weight is 513 g/mol. The maximum Gasteiger partial charge on any atom is 0.0922 e. The maximum atomic E-state index is 7.29. The van der Waals surface area contributed by atoms with Gasteiger partial charge in [-0.25, -0.2) is 0 Å². The van der Waals surface area contributed by atoms with Crippen molar-refractivity contribution in [1.29, 1.82) is 0 Å². The van der Waals surface area contributed by atoms with Crippen LogP contribution < -0.4 is 5.73 Å². The predicted molar refractivity (Wildman–Crippen MR) is 168 cm³/mol. The Labute approximate surface area is 234 Å². The highest BCUT2D eigenvalue weighted by Gasteiger charge is 2.31. The molecule has 0 amide bonds. The zero-order valence-corrected chi connectivity index (χ0v) is 22.0. The molecule has 6 aromatic rings. The summed E-state index contributed by atoms with van der Waals surface area (Å²) in [5, 5.41) is 2.47. The van der Waals surface area contributed by atoms with Crippen LogP contribution in [-0.2, 0) is 5.54 Å². The van der Waals surface area contributed by atoms with Crippen LogP contribution in [0.15, 0.2) is 157 Å². The van der Waals surface area contributed by atoms with E-state index >= 15 is 0 Å². The Morgan fingerprint density at radius 3 is 1.60 bits per heavy atom. The van der Waals surface area contributed by atoms with Gasteiger partial charge in [-0.2, -0.15) is 0 Å². The molecule has 1 aliphatic rings. The van der Waals surface area contributed by atoms with Gasteiger partial charge in [0.05, 0.1) is 5.54 Å². The highest BCUT2D eigenvalue weighted by molar-refractivity contribution is 6.14. The maximum absolute atomic E-state index is 7.29. The molecule has 1 aliphatic heterocycles. The Hall–Kier alpha value is -5.05. The number of allylic oxidation sites excluding steroid dienone is 1. The second-order valence-electron chi connectivity index (χ2n) is 10.3. The minimum atomic E-state index is -0.761. The lowest BCUT2D eigenvalue weighted by Gasteiger charge is -2.32. The Balaban J connectivity index is 1.35. The van der Waals surface area contributed by atoms with E-state index < -0.39 is 5.54 Å². The highest BCUT2D eigenvalue weighted by atomic mass is 14.7. The number of fused-ring (bicyclic) bond motifs is 1. The summed E-state index contributed by atoms with van der Waals surface area (Å²) in [6, 6.07) is 51.3. The Morgan fingerprint density at radius 1 is 0.475 bits per heavy atom. The third-order valence-electron chi connectivity index (χ3n) is 7.97. The molecule has 0 unspecified atom stereocenters. The van der Waals surface area contributed by atoms with Gasteiger partial charge in [-0.1, -0.05) is 146 Å². The fraction of sp³-hybridized carbons (Fsp3) is 0.0263. The molecule has 0 aliphatic carbocycles. The monoisotopic (exact) mass is 512 g/mol. The zero-order valence-electron chi connectivity index (χ0n) is 22.0. The molecule has 6 aromatic carbocycles. The number of rotatable bonds is 6. The fourth-order valence-electron chi connectivity index (χ4n) is 5.77. The van der Waals surface area contributed by atoms with Gasteiger partial charge in [-0.3, -0.25) is 4.99 Å². The fourth-order valence-corrected chi connectivity index (χ4v) is 5.77. The first kappa shape index (κ1) is 24.0. The normalized spacial score (nSPS) is 12.7. The molecule has 1 heterocycles. The van der Waals surface area contributed by atoms with Gasteiger partial charge in [0.15, 0.2) is 0 Å². The molecule has 2 N–H and O–H groups in total. The van der Waals surface area contributed by atoms with E-state index in [-0.39, 0.29) is 0 Å². The molecule has 0 aromatic heterocycles. The second kappa shape index (κ2) is 9.92. The summed E-state index contributed by atoms with van der Waals surface area (Å²) in [5.74, 6) is 0. The van der Waals surface area contributed by atoms with Gasteiger partial charge in [0, 0.05) is 18.0 Å². The first-order valence-electron chi connectivity index (χ1n) is 13.6. The van der Waals surface area contributed by atoms with Gasteiger partial charge in [0.25, 0.3) is 0 Å². The molecule has 40 heavy (non-hydrogen) atoms. The van der Waals surface area contributed by atoms with Gasteiger partial charge >= 0.3 is 0 Å². The minimum absolute atomic E-state index is 0.761. The van der Waals surface area contributed by atoms with E-state index in [0.29, 0.717) is 0 Å². The quantitative estimate of drug-likeness (QED) is 0.222. The van der Waals surface area contributed by atoms with E-state index in [1.165, 1.54) is 38.6 Å². The summed E-state index contributed by atoms with van der Waals surface area (Å²) in [4.78, 5) is 4.12. The largest absolute Gasteiger partial charge is 0.314 e. The smallest absolute Gasteiger partial charge is 0.0922 e. The van der Waals surface area contributed by atoms with Crippen LogP contribution in [0, 0.1) is 0 Å². The molecule has 0 spiro atoms. The summed E-state index contributed by atoms with van der Waals surface area (Å²) in [6.07, 6.45) is 3.81. The van der Waals surface area contributed by atoms with Crippen LogP contribution >= 0.6 is 0 Å². The number of nitrogens with two attached hydrogens (primary N) is 1. The molecule has 190 valence electrons. The number of hydrogen-bond donors (Lipinski definition) is 1. The van der Waals surface area contributed by atoms with Crippen molar-refractivity contribution in [3.05, 3.63) is 174 Å². The van der Waals surface area contributed by atoms with Crippen molar-refractivity contribution in [2.45, 2.75) is 5.54 Å². The third kappa shape index (κ3) is 4.07. The Bertz CT molecular complexity index is 1830. The van der Waals surface area contributed by atoms with Crippen molar-refractivity contribution < 1.29 is 0 Å². The van der Waals surface area contributed by atoms with Crippen molar-refractivity contribution in [2.75, 3.05) is 0 Å². The van der Waals surface area contributed by atoms with Crippen LogP contribution in [0.25, 0.3) is 38.6 Å². The van der Waals surface area contributed by atoms with Gasteiger partial charge < -0.3 is 5.73 Å². The lowest BCUT2D eigenvalue weighted by molar-refractivity contribution is 0.653. The number of nitrogens with zero attached hydrogens (tertiary/aromatic N) is 1. The molecular weight excluding hydrogens is 484 g/mol. The summed E-state index contributed by atoms with van der Waals surface area (Å²) in [7, 11) is 0.